The van der Waals surface area contributed by atoms with Crippen LogP contribution in [0.2, 0.25) is 0 Å². The molecule has 1 N–H and O–H groups in total. The monoisotopic (exact) mass is 260 g/mol. The fourth-order valence-electron chi connectivity index (χ4n) is 1.37. The quantitative estimate of drug-likeness (QED) is 0.432. The summed E-state index contributed by atoms with van der Waals surface area (Å²) in [5, 5.41) is 8.63. The molecule has 0 aromatic rings. The van der Waals surface area contributed by atoms with Crippen LogP contribution in [-0.4, -0.2) is 29.4 Å². The van der Waals surface area contributed by atoms with Crippen molar-refractivity contribution in [2.75, 3.05) is 0 Å². The molecule has 0 saturated heterocycles. The van der Waals surface area contributed by atoms with Gasteiger partial charge in [-0.05, 0) is 32.6 Å². The van der Waals surface area contributed by atoms with Crippen LogP contribution in [0.3, 0.4) is 0 Å². The van der Waals surface area contributed by atoms with Crippen LogP contribution in [0.1, 0.15) is 52.4 Å². The number of aliphatic hydroxyl groups excluding tert-OH is 1. The summed E-state index contributed by atoms with van der Waals surface area (Å²) in [6.07, 6.45) is 3.95. The largest absolute Gasteiger partial charge is 1.00 e. The van der Waals surface area contributed by atoms with Gasteiger partial charge in [-0.2, -0.15) is 0 Å². The SMILES string of the molecule is CCCCC(O)CCCC(C)S(=O)(=O)[O-].[Na+]. The standard InChI is InChI=1S/C10H22O4S.Na/c1-3-4-7-10(11)8-5-6-9(2)15(12,13)14;/h9-11H,3-8H2,1-2H3,(H,12,13,14);/q;+1/p-1. The fraction of sp³-hybridized carbons (Fsp3) is 1.00. The molecule has 6 heteroatoms. The zero-order chi connectivity index (χ0) is 11.9. The van der Waals surface area contributed by atoms with Gasteiger partial charge in [0.25, 0.3) is 0 Å². The fourth-order valence-corrected chi connectivity index (χ4v) is 1.82. The molecule has 2 atom stereocenters. The van der Waals surface area contributed by atoms with Gasteiger partial charge in [-0.15, -0.1) is 0 Å². The van der Waals surface area contributed by atoms with Crippen molar-refractivity contribution in [2.45, 2.75) is 63.7 Å². The van der Waals surface area contributed by atoms with E-state index in [2.05, 4.69) is 6.92 Å². The summed E-state index contributed by atoms with van der Waals surface area (Å²) in [5.41, 5.74) is 0. The molecular formula is C10H21NaO4S. The summed E-state index contributed by atoms with van der Waals surface area (Å²) in [5.74, 6) is 0. The van der Waals surface area contributed by atoms with Gasteiger partial charge >= 0.3 is 29.6 Å². The number of hydrogen-bond acceptors (Lipinski definition) is 4. The van der Waals surface area contributed by atoms with E-state index in [9.17, 15) is 18.1 Å². The van der Waals surface area contributed by atoms with E-state index < -0.39 is 15.4 Å². The third-order valence-electron chi connectivity index (χ3n) is 2.53. The molecular weight excluding hydrogens is 239 g/mol. The Bertz CT molecular complexity index is 254. The van der Waals surface area contributed by atoms with E-state index in [1.165, 1.54) is 6.92 Å². The van der Waals surface area contributed by atoms with Crippen LogP contribution in [0.25, 0.3) is 0 Å². The molecule has 0 fully saturated rings. The third-order valence-corrected chi connectivity index (χ3v) is 3.75. The molecule has 0 aromatic heterocycles. The molecule has 0 heterocycles. The Kier molecular flexibility index (Phi) is 11.8. The first-order valence-corrected chi connectivity index (χ1v) is 6.97. The molecule has 0 radical (unpaired) electrons. The number of unbranched alkanes of at least 4 members (excludes halogenated alkanes) is 1. The first-order valence-electron chi connectivity index (χ1n) is 5.50. The van der Waals surface area contributed by atoms with Crippen LogP contribution in [-0.2, 0) is 10.1 Å². The van der Waals surface area contributed by atoms with Crippen molar-refractivity contribution in [3.63, 3.8) is 0 Å². The molecule has 0 aliphatic carbocycles. The van der Waals surface area contributed by atoms with Gasteiger partial charge < -0.3 is 9.66 Å². The summed E-state index contributed by atoms with van der Waals surface area (Å²) >= 11 is 0. The smallest absolute Gasteiger partial charge is 0.748 e. The maximum atomic E-state index is 10.6. The van der Waals surface area contributed by atoms with Gasteiger partial charge in [0.05, 0.1) is 16.2 Å². The van der Waals surface area contributed by atoms with Gasteiger partial charge in [0, 0.05) is 5.25 Å². The van der Waals surface area contributed by atoms with E-state index in [1.54, 1.807) is 0 Å². The van der Waals surface area contributed by atoms with Gasteiger partial charge in [-0.25, -0.2) is 8.42 Å². The Labute approximate surface area is 121 Å². The number of rotatable bonds is 8. The van der Waals surface area contributed by atoms with E-state index in [0.29, 0.717) is 19.3 Å². The average Bonchev–Trinajstić information content (AvgIpc) is 2.13. The summed E-state index contributed by atoms with van der Waals surface area (Å²) in [6.45, 7) is 3.47. The van der Waals surface area contributed by atoms with Gasteiger partial charge in [0.2, 0.25) is 0 Å². The first kappa shape index (κ1) is 19.2. The van der Waals surface area contributed by atoms with Gasteiger partial charge in [-0.3, -0.25) is 0 Å². The summed E-state index contributed by atoms with van der Waals surface area (Å²) in [6, 6.07) is 0. The molecule has 0 rings (SSSR count). The van der Waals surface area contributed by atoms with Gasteiger partial charge in [0.15, 0.2) is 0 Å². The first-order chi connectivity index (χ1) is 6.88. The minimum atomic E-state index is -4.15. The predicted molar refractivity (Wildman–Crippen MR) is 58.5 cm³/mol. The van der Waals surface area contributed by atoms with E-state index in [4.69, 9.17) is 0 Å². The molecule has 4 nitrogen and oxygen atoms in total. The van der Waals surface area contributed by atoms with Crippen molar-refractivity contribution < 1.29 is 47.6 Å². The Hall–Kier alpha value is 0.870. The topological polar surface area (TPSA) is 77.4 Å². The second-order valence-electron chi connectivity index (χ2n) is 4.03. The van der Waals surface area contributed by atoms with Crippen LogP contribution in [0.15, 0.2) is 0 Å². The second-order valence-corrected chi connectivity index (χ2v) is 5.82. The molecule has 0 amide bonds. The van der Waals surface area contributed by atoms with E-state index >= 15 is 0 Å². The van der Waals surface area contributed by atoms with Crippen molar-refractivity contribution in [3.8, 4) is 0 Å². The second kappa shape index (κ2) is 9.85. The Morgan fingerprint density at radius 2 is 1.69 bits per heavy atom. The maximum absolute atomic E-state index is 10.6. The Balaban J connectivity index is 0. The zero-order valence-corrected chi connectivity index (χ0v) is 13.3. The van der Waals surface area contributed by atoms with Crippen LogP contribution >= 0.6 is 0 Å². The van der Waals surface area contributed by atoms with E-state index in [0.717, 1.165) is 19.3 Å². The average molecular weight is 260 g/mol. The molecule has 0 aliphatic heterocycles. The summed E-state index contributed by atoms with van der Waals surface area (Å²) in [7, 11) is -4.15. The van der Waals surface area contributed by atoms with Crippen LogP contribution < -0.4 is 29.6 Å². The normalized spacial score (nSPS) is 15.2. The van der Waals surface area contributed by atoms with E-state index in [1.807, 2.05) is 0 Å². The number of hydrogen-bond donors (Lipinski definition) is 1. The van der Waals surface area contributed by atoms with Crippen LogP contribution in [0, 0.1) is 0 Å². The molecule has 0 saturated carbocycles. The molecule has 0 aromatic carbocycles. The molecule has 16 heavy (non-hydrogen) atoms. The molecule has 0 bridgehead atoms. The van der Waals surface area contributed by atoms with Crippen molar-refractivity contribution in [1.29, 1.82) is 0 Å². The van der Waals surface area contributed by atoms with Crippen molar-refractivity contribution >= 4 is 10.1 Å². The van der Waals surface area contributed by atoms with E-state index in [-0.39, 0.29) is 35.7 Å². The van der Waals surface area contributed by atoms with Crippen molar-refractivity contribution in [1.82, 2.24) is 0 Å². The summed E-state index contributed by atoms with van der Waals surface area (Å²) < 4.78 is 31.7. The van der Waals surface area contributed by atoms with Crippen molar-refractivity contribution in [2.24, 2.45) is 0 Å². The molecule has 92 valence electrons. The van der Waals surface area contributed by atoms with Crippen LogP contribution in [0.4, 0.5) is 0 Å². The van der Waals surface area contributed by atoms with Crippen molar-refractivity contribution in [3.05, 3.63) is 0 Å². The maximum Gasteiger partial charge on any atom is 1.00 e. The molecule has 0 aliphatic rings. The predicted octanol–water partition coefficient (Wildman–Crippen LogP) is -1.35. The third kappa shape index (κ3) is 10.1. The summed E-state index contributed by atoms with van der Waals surface area (Å²) in [4.78, 5) is 0. The van der Waals surface area contributed by atoms with Gasteiger partial charge in [0.1, 0.15) is 0 Å². The Morgan fingerprint density at radius 1 is 1.19 bits per heavy atom. The Morgan fingerprint density at radius 3 is 2.12 bits per heavy atom. The minimum Gasteiger partial charge on any atom is -0.748 e. The number of aliphatic hydroxyl groups is 1. The van der Waals surface area contributed by atoms with Gasteiger partial charge in [-0.1, -0.05) is 19.8 Å². The minimum absolute atomic E-state index is 0. The van der Waals surface area contributed by atoms with Crippen LogP contribution in [0.5, 0.6) is 0 Å². The molecule has 0 spiro atoms. The zero-order valence-electron chi connectivity index (χ0n) is 10.5. The molecule has 2 unspecified atom stereocenters.